The largest absolute Gasteiger partial charge is 0.261 e. The Bertz CT molecular complexity index is 733. The lowest BCUT2D eigenvalue weighted by atomic mass is 10.3. The van der Waals surface area contributed by atoms with Crippen LogP contribution in [0.25, 0.3) is 0 Å². The Morgan fingerprint density at radius 3 is 2.39 bits per heavy atom. The maximum Gasteiger partial charge on any atom is 0.261 e. The Morgan fingerprint density at radius 1 is 1.11 bits per heavy atom. The summed E-state index contributed by atoms with van der Waals surface area (Å²) in [6.07, 6.45) is 4.10. The normalized spacial score (nSPS) is 17.9. The predicted octanol–water partition coefficient (Wildman–Crippen LogP) is 0.511. The Hall–Kier alpha value is -1.64. The summed E-state index contributed by atoms with van der Waals surface area (Å²) in [7, 11) is -7.71. The fraction of sp³-hybridized carbons (Fsp3) is 0. The molecular weight excluding hydrogens is 276 g/mol. The second-order valence-corrected chi connectivity index (χ2v) is 6.75. The first-order valence-electron chi connectivity index (χ1n) is 4.83. The third-order valence-corrected chi connectivity index (χ3v) is 4.59. The third kappa shape index (κ3) is 2.30. The number of sulfonamides is 2. The van der Waals surface area contributed by atoms with E-state index < -0.39 is 20.0 Å². The van der Waals surface area contributed by atoms with Crippen molar-refractivity contribution < 1.29 is 16.8 Å². The van der Waals surface area contributed by atoms with Crippen LogP contribution in [-0.4, -0.2) is 16.8 Å². The van der Waals surface area contributed by atoms with Crippen molar-refractivity contribution in [1.29, 1.82) is 0 Å². The van der Waals surface area contributed by atoms with Crippen molar-refractivity contribution in [2.45, 2.75) is 4.90 Å². The lowest BCUT2D eigenvalue weighted by Crippen LogP contribution is -2.27. The number of para-hydroxylation sites is 1. The Morgan fingerprint density at radius 2 is 1.78 bits per heavy atom. The summed E-state index contributed by atoms with van der Waals surface area (Å²) >= 11 is 0. The van der Waals surface area contributed by atoms with Gasteiger partial charge < -0.3 is 0 Å². The number of nitrogens with two attached hydrogens (primary N) is 1. The van der Waals surface area contributed by atoms with Crippen LogP contribution in [0, 0.1) is 0 Å². The molecule has 0 atom stereocenters. The van der Waals surface area contributed by atoms with Gasteiger partial charge in [-0.05, 0) is 24.3 Å². The molecule has 1 aromatic carbocycles. The number of nitrogens with zero attached hydrogens (tertiary/aromatic N) is 1. The molecule has 96 valence electrons. The molecule has 0 radical (unpaired) electrons. The van der Waals surface area contributed by atoms with Gasteiger partial charge in [0.2, 0.25) is 10.0 Å². The monoisotopic (exact) mass is 286 g/mol. The minimum atomic E-state index is -4.00. The van der Waals surface area contributed by atoms with Crippen molar-refractivity contribution in [3.63, 3.8) is 0 Å². The molecule has 0 amide bonds. The average Bonchev–Trinajstić information content (AvgIpc) is 2.27. The highest BCUT2D eigenvalue weighted by Crippen LogP contribution is 2.28. The summed E-state index contributed by atoms with van der Waals surface area (Å²) in [4.78, 5) is -0.242. The van der Waals surface area contributed by atoms with Crippen LogP contribution in [0.4, 0.5) is 5.69 Å². The molecule has 6 nitrogen and oxygen atoms in total. The predicted molar refractivity (Wildman–Crippen MR) is 67.5 cm³/mol. The van der Waals surface area contributed by atoms with Gasteiger partial charge in [-0.25, -0.2) is 26.3 Å². The number of benzene rings is 1. The highest BCUT2D eigenvalue weighted by atomic mass is 32.2. The van der Waals surface area contributed by atoms with Crippen molar-refractivity contribution in [2.75, 3.05) is 4.31 Å². The van der Waals surface area contributed by atoms with Crippen LogP contribution >= 0.6 is 0 Å². The number of rotatable bonds is 2. The molecule has 0 saturated carbocycles. The molecule has 18 heavy (non-hydrogen) atoms. The number of allylic oxidation sites excluding steroid dienone is 2. The fourth-order valence-corrected chi connectivity index (χ4v) is 3.40. The minimum absolute atomic E-state index is 0.000556. The molecule has 0 aromatic heterocycles. The average molecular weight is 286 g/mol. The first kappa shape index (κ1) is 12.8. The van der Waals surface area contributed by atoms with Crippen molar-refractivity contribution in [3.8, 4) is 0 Å². The van der Waals surface area contributed by atoms with E-state index in [1.165, 1.54) is 42.6 Å². The van der Waals surface area contributed by atoms with E-state index in [1.807, 2.05) is 0 Å². The quantitative estimate of drug-likeness (QED) is 0.856. The van der Waals surface area contributed by atoms with E-state index in [9.17, 15) is 16.8 Å². The van der Waals surface area contributed by atoms with Gasteiger partial charge in [0.05, 0.1) is 11.1 Å². The summed E-state index contributed by atoms with van der Waals surface area (Å²) < 4.78 is 47.3. The molecule has 2 N–H and O–H groups in total. The van der Waals surface area contributed by atoms with Crippen molar-refractivity contribution in [1.82, 2.24) is 0 Å². The fourth-order valence-electron chi connectivity index (χ4n) is 1.52. The molecule has 1 aromatic rings. The smallest absolute Gasteiger partial charge is 0.241 e. The summed E-state index contributed by atoms with van der Waals surface area (Å²) in [5.74, 6) is 0. The maximum atomic E-state index is 11.8. The summed E-state index contributed by atoms with van der Waals surface area (Å²) in [6.45, 7) is 0. The van der Waals surface area contributed by atoms with Gasteiger partial charge in [-0.1, -0.05) is 12.1 Å². The molecule has 0 spiro atoms. The molecule has 0 fully saturated rings. The van der Waals surface area contributed by atoms with Gasteiger partial charge in [0, 0.05) is 6.20 Å². The van der Waals surface area contributed by atoms with Crippen LogP contribution < -0.4 is 9.44 Å². The van der Waals surface area contributed by atoms with Crippen LogP contribution in [0.5, 0.6) is 0 Å². The van der Waals surface area contributed by atoms with E-state index in [0.29, 0.717) is 0 Å². The highest BCUT2D eigenvalue weighted by molar-refractivity contribution is 7.96. The number of hydrogen-bond acceptors (Lipinski definition) is 4. The Balaban J connectivity index is 2.67. The van der Waals surface area contributed by atoms with Gasteiger partial charge in [-0.3, -0.25) is 0 Å². The van der Waals surface area contributed by atoms with E-state index in [2.05, 4.69) is 0 Å². The molecule has 0 saturated heterocycles. The second-order valence-electron chi connectivity index (χ2n) is 3.52. The van der Waals surface area contributed by atoms with Gasteiger partial charge in [0.15, 0.2) is 0 Å². The van der Waals surface area contributed by atoms with Gasteiger partial charge in [0.1, 0.15) is 4.90 Å². The van der Waals surface area contributed by atoms with Crippen LogP contribution in [0.15, 0.2) is 52.9 Å². The lowest BCUT2D eigenvalue weighted by Gasteiger charge is -2.22. The van der Waals surface area contributed by atoms with E-state index in [-0.39, 0.29) is 10.6 Å². The van der Waals surface area contributed by atoms with Crippen molar-refractivity contribution >= 4 is 25.7 Å². The molecular formula is C10H10N2O4S2. The van der Waals surface area contributed by atoms with Crippen LogP contribution in [0.3, 0.4) is 0 Å². The summed E-state index contributed by atoms with van der Waals surface area (Å²) in [5.41, 5.74) is 0.000556. The van der Waals surface area contributed by atoms with E-state index >= 15 is 0 Å². The first-order chi connectivity index (χ1) is 8.32. The Kier molecular flexibility index (Phi) is 3.01. The van der Waals surface area contributed by atoms with Gasteiger partial charge in [-0.2, -0.15) is 0 Å². The first-order valence-corrected chi connectivity index (χ1v) is 7.88. The molecule has 1 aliphatic rings. The van der Waals surface area contributed by atoms with Crippen LogP contribution in [0.2, 0.25) is 0 Å². The molecule has 0 bridgehead atoms. The van der Waals surface area contributed by atoms with Crippen LogP contribution in [0.1, 0.15) is 0 Å². The zero-order valence-electron chi connectivity index (χ0n) is 9.09. The highest BCUT2D eigenvalue weighted by Gasteiger charge is 2.25. The standard InChI is InChI=1S/C10H10N2O4S2/c11-18(15,16)10-6-2-1-5-9(10)12-7-3-4-8-17(12,13)14/h1-8H,(H2,11,15,16). The maximum absolute atomic E-state index is 11.8. The van der Waals surface area contributed by atoms with E-state index in [0.717, 1.165) is 9.71 Å². The van der Waals surface area contributed by atoms with E-state index in [1.54, 1.807) is 0 Å². The van der Waals surface area contributed by atoms with Crippen molar-refractivity contribution in [3.05, 3.63) is 48.0 Å². The molecule has 0 aliphatic carbocycles. The third-order valence-electron chi connectivity index (χ3n) is 2.27. The topological polar surface area (TPSA) is 97.5 Å². The molecule has 1 heterocycles. The minimum Gasteiger partial charge on any atom is -0.241 e. The number of hydrogen-bond donors (Lipinski definition) is 1. The number of primary sulfonamides is 1. The molecule has 1 aliphatic heterocycles. The van der Waals surface area contributed by atoms with Crippen LogP contribution in [-0.2, 0) is 20.0 Å². The zero-order chi connectivity index (χ0) is 13.4. The summed E-state index contributed by atoms with van der Waals surface area (Å²) in [5, 5.41) is 6.04. The van der Waals surface area contributed by atoms with E-state index in [4.69, 9.17) is 5.14 Å². The molecule has 2 rings (SSSR count). The van der Waals surface area contributed by atoms with Gasteiger partial charge in [-0.15, -0.1) is 0 Å². The molecule has 0 unspecified atom stereocenters. The van der Waals surface area contributed by atoms with Gasteiger partial charge in [0.25, 0.3) is 10.0 Å². The lowest BCUT2D eigenvalue weighted by molar-refractivity contribution is 0.597. The van der Waals surface area contributed by atoms with Crippen molar-refractivity contribution in [2.24, 2.45) is 5.14 Å². The number of anilines is 1. The zero-order valence-corrected chi connectivity index (χ0v) is 10.7. The second kappa shape index (κ2) is 4.23. The Labute approximate surface area is 105 Å². The SMILES string of the molecule is NS(=O)(=O)c1ccccc1N1C=CC=CS1(=O)=O. The summed E-state index contributed by atoms with van der Waals surface area (Å²) in [6, 6.07) is 5.64. The van der Waals surface area contributed by atoms with Gasteiger partial charge >= 0.3 is 0 Å². The molecule has 8 heteroatoms.